The Bertz CT molecular complexity index is 851. The van der Waals surface area contributed by atoms with Crippen LogP contribution in [0.2, 0.25) is 0 Å². The van der Waals surface area contributed by atoms with Crippen LogP contribution >= 0.6 is 22.7 Å². The topological polar surface area (TPSA) is 29.5 Å². The Balaban J connectivity index is 1.72. The van der Waals surface area contributed by atoms with E-state index in [0.29, 0.717) is 13.2 Å². The third kappa shape index (κ3) is 2.24. The number of morpholine rings is 1. The van der Waals surface area contributed by atoms with Crippen LogP contribution in [0.3, 0.4) is 0 Å². The van der Waals surface area contributed by atoms with Gasteiger partial charge in [0.15, 0.2) is 0 Å². The molecule has 1 saturated heterocycles. The molecule has 1 fully saturated rings. The van der Waals surface area contributed by atoms with E-state index in [0.717, 1.165) is 4.88 Å². The highest BCUT2D eigenvalue weighted by atomic mass is 32.1. The van der Waals surface area contributed by atoms with Crippen molar-refractivity contribution in [2.75, 3.05) is 13.2 Å². The first-order valence-corrected chi connectivity index (χ1v) is 9.10. The lowest BCUT2D eigenvalue weighted by Crippen LogP contribution is -2.50. The molecule has 22 heavy (non-hydrogen) atoms. The number of nitrogens with zero attached hydrogens (tertiary/aromatic N) is 1. The lowest BCUT2D eigenvalue weighted by Gasteiger charge is -2.36. The molecule has 114 valence electrons. The van der Waals surface area contributed by atoms with Crippen LogP contribution in [0.4, 0.5) is 0 Å². The highest BCUT2D eigenvalue weighted by molar-refractivity contribution is 7.33. The average Bonchev–Trinajstić information content (AvgIpc) is 3.06. The summed E-state index contributed by atoms with van der Waals surface area (Å²) in [5, 5.41) is 1.26. The number of hydrogen-bond donors (Lipinski definition) is 0. The predicted octanol–water partition coefficient (Wildman–Crippen LogP) is 4.37. The third-order valence-corrected chi connectivity index (χ3v) is 6.53. The highest BCUT2D eigenvalue weighted by Crippen LogP contribution is 2.39. The molecule has 4 rings (SSSR count). The molecule has 3 heterocycles. The van der Waals surface area contributed by atoms with Crippen molar-refractivity contribution in [3.05, 3.63) is 35.2 Å². The summed E-state index contributed by atoms with van der Waals surface area (Å²) < 4.78 is 9.35. The second kappa shape index (κ2) is 5.33. The number of thiophene rings is 2. The van der Waals surface area contributed by atoms with E-state index in [1.54, 1.807) is 22.7 Å². The number of hydrogen-bond acceptors (Lipinski definition) is 4. The fourth-order valence-corrected chi connectivity index (χ4v) is 5.41. The Hall–Kier alpha value is -1.43. The molecule has 1 aliphatic heterocycles. The van der Waals surface area contributed by atoms with Gasteiger partial charge in [0.1, 0.15) is 0 Å². The van der Waals surface area contributed by atoms with Crippen molar-refractivity contribution in [3.63, 3.8) is 0 Å². The lowest BCUT2D eigenvalue weighted by atomic mass is 10.2. The van der Waals surface area contributed by atoms with Gasteiger partial charge in [0.2, 0.25) is 0 Å². The van der Waals surface area contributed by atoms with Gasteiger partial charge in [-0.15, -0.1) is 22.7 Å². The van der Waals surface area contributed by atoms with Crippen molar-refractivity contribution >= 4 is 48.1 Å². The van der Waals surface area contributed by atoms with Gasteiger partial charge < -0.3 is 9.64 Å². The minimum absolute atomic E-state index is 0.113. The Morgan fingerprint density at radius 2 is 2.05 bits per heavy atom. The lowest BCUT2D eigenvalue weighted by molar-refractivity contribution is -0.0385. The number of amides is 1. The summed E-state index contributed by atoms with van der Waals surface area (Å²) in [6.07, 6.45) is 0.113. The molecular formula is C17H17NO2S2. The maximum absolute atomic E-state index is 12.8. The molecule has 0 N–H and O–H groups in total. The van der Waals surface area contributed by atoms with Gasteiger partial charge in [-0.05, 0) is 26.0 Å². The van der Waals surface area contributed by atoms with Crippen molar-refractivity contribution in [1.82, 2.24) is 4.90 Å². The molecule has 2 aromatic heterocycles. The van der Waals surface area contributed by atoms with Gasteiger partial charge in [-0.3, -0.25) is 4.79 Å². The van der Waals surface area contributed by atoms with Crippen molar-refractivity contribution in [3.8, 4) is 0 Å². The number of carbonyl (C=O) groups is 1. The molecule has 0 bridgehead atoms. The van der Waals surface area contributed by atoms with Crippen molar-refractivity contribution in [1.29, 1.82) is 0 Å². The van der Waals surface area contributed by atoms with Gasteiger partial charge >= 0.3 is 0 Å². The molecule has 5 heteroatoms. The molecule has 0 radical (unpaired) electrons. The normalized spacial score (nSPS) is 22.5. The second-order valence-electron chi connectivity index (χ2n) is 5.85. The molecular weight excluding hydrogens is 314 g/mol. The quantitative estimate of drug-likeness (QED) is 0.663. The highest BCUT2D eigenvalue weighted by Gasteiger charge is 2.29. The first kappa shape index (κ1) is 14.2. The maximum Gasteiger partial charge on any atom is 0.264 e. The second-order valence-corrected chi connectivity index (χ2v) is 7.99. The maximum atomic E-state index is 12.8. The van der Waals surface area contributed by atoms with E-state index >= 15 is 0 Å². The number of benzene rings is 1. The number of carbonyl (C=O) groups excluding carboxylic acids is 1. The Labute approximate surface area is 137 Å². The SMILES string of the molecule is C[C@@H]1CN(C(=O)c2cc3sc4ccccc4c3s2)[C@@H](C)CO1. The molecule has 0 unspecified atom stereocenters. The monoisotopic (exact) mass is 331 g/mol. The summed E-state index contributed by atoms with van der Waals surface area (Å²) in [5.41, 5.74) is 0. The van der Waals surface area contributed by atoms with Gasteiger partial charge in [0, 0.05) is 21.3 Å². The van der Waals surface area contributed by atoms with Gasteiger partial charge in [-0.25, -0.2) is 0 Å². The number of ether oxygens (including phenoxy) is 1. The van der Waals surface area contributed by atoms with Crippen LogP contribution in [0.25, 0.3) is 19.5 Å². The van der Waals surface area contributed by atoms with Gasteiger partial charge in [0.05, 0.1) is 28.3 Å². The average molecular weight is 331 g/mol. The van der Waals surface area contributed by atoms with Gasteiger partial charge in [-0.1, -0.05) is 18.2 Å². The minimum Gasteiger partial charge on any atom is -0.375 e. The largest absolute Gasteiger partial charge is 0.375 e. The first-order chi connectivity index (χ1) is 10.6. The summed E-state index contributed by atoms with van der Waals surface area (Å²) >= 11 is 3.38. The van der Waals surface area contributed by atoms with Crippen molar-refractivity contribution < 1.29 is 9.53 Å². The van der Waals surface area contributed by atoms with Gasteiger partial charge in [0.25, 0.3) is 5.91 Å². The third-order valence-electron chi connectivity index (χ3n) is 4.13. The Morgan fingerprint density at radius 3 is 2.91 bits per heavy atom. The van der Waals surface area contributed by atoms with Crippen LogP contribution in [-0.4, -0.2) is 36.1 Å². The van der Waals surface area contributed by atoms with Crippen LogP contribution in [0, 0.1) is 0 Å². The van der Waals surface area contributed by atoms with E-state index in [1.807, 2.05) is 11.8 Å². The zero-order valence-electron chi connectivity index (χ0n) is 12.5. The van der Waals surface area contributed by atoms with Crippen LogP contribution < -0.4 is 0 Å². The Morgan fingerprint density at radius 1 is 1.23 bits per heavy atom. The van der Waals surface area contributed by atoms with Crippen LogP contribution in [0.15, 0.2) is 30.3 Å². The van der Waals surface area contributed by atoms with Crippen LogP contribution in [-0.2, 0) is 4.74 Å². The van der Waals surface area contributed by atoms with Crippen molar-refractivity contribution in [2.45, 2.75) is 26.0 Å². The molecule has 0 saturated carbocycles. The van der Waals surface area contributed by atoms with E-state index in [1.165, 1.54) is 19.5 Å². The fraction of sp³-hybridized carbons (Fsp3) is 0.353. The summed E-state index contributed by atoms with van der Waals surface area (Å²) in [4.78, 5) is 15.6. The molecule has 3 nitrogen and oxygen atoms in total. The van der Waals surface area contributed by atoms with Crippen LogP contribution in [0.5, 0.6) is 0 Å². The van der Waals surface area contributed by atoms with E-state index in [2.05, 4.69) is 37.3 Å². The number of fused-ring (bicyclic) bond motifs is 3. The fourth-order valence-electron chi connectivity index (χ4n) is 2.93. The van der Waals surface area contributed by atoms with E-state index < -0.39 is 0 Å². The summed E-state index contributed by atoms with van der Waals surface area (Å²) in [6.45, 7) is 5.36. The minimum atomic E-state index is 0.113. The molecule has 0 aliphatic carbocycles. The zero-order chi connectivity index (χ0) is 15.3. The van der Waals surface area contributed by atoms with Gasteiger partial charge in [-0.2, -0.15) is 0 Å². The van der Waals surface area contributed by atoms with Crippen molar-refractivity contribution in [2.24, 2.45) is 0 Å². The molecule has 3 aromatic rings. The van der Waals surface area contributed by atoms with Crippen LogP contribution in [0.1, 0.15) is 23.5 Å². The summed E-state index contributed by atoms with van der Waals surface area (Å²) in [6, 6.07) is 10.6. The first-order valence-electron chi connectivity index (χ1n) is 7.47. The molecule has 1 aliphatic rings. The Kier molecular flexibility index (Phi) is 3.44. The molecule has 1 aromatic carbocycles. The molecule has 1 amide bonds. The predicted molar refractivity (Wildman–Crippen MR) is 93.1 cm³/mol. The summed E-state index contributed by atoms with van der Waals surface area (Å²) in [7, 11) is 0. The summed E-state index contributed by atoms with van der Waals surface area (Å²) in [5.74, 6) is 0.139. The smallest absolute Gasteiger partial charge is 0.264 e. The van der Waals surface area contributed by atoms with E-state index in [-0.39, 0.29) is 18.1 Å². The molecule has 0 spiro atoms. The van der Waals surface area contributed by atoms with E-state index in [9.17, 15) is 4.79 Å². The zero-order valence-corrected chi connectivity index (χ0v) is 14.2. The standard InChI is InChI=1S/C17H17NO2S2/c1-10-9-20-11(2)8-18(10)17(19)15-7-14-16(22-15)12-5-3-4-6-13(12)21-14/h3-7,10-11H,8-9H2,1-2H3/t10-,11+/m0/s1. The van der Waals surface area contributed by atoms with E-state index in [4.69, 9.17) is 4.74 Å². The number of rotatable bonds is 1. The molecule has 2 atom stereocenters.